The molecule has 0 bridgehead atoms. The minimum Gasteiger partial charge on any atom is -0.392 e. The lowest BCUT2D eigenvalue weighted by molar-refractivity contribution is 0.112. The number of pyridine rings is 1. The molecule has 0 fully saturated rings. The molecule has 148 valence electrons. The molecule has 1 aromatic carbocycles. The largest absolute Gasteiger partial charge is 0.392 e. The lowest BCUT2D eigenvalue weighted by Crippen LogP contribution is -2.21. The molecule has 0 saturated carbocycles. The summed E-state index contributed by atoms with van der Waals surface area (Å²) >= 11 is 0. The van der Waals surface area contributed by atoms with E-state index in [0.717, 1.165) is 11.4 Å². The van der Waals surface area contributed by atoms with E-state index >= 15 is 0 Å². The Balaban J connectivity index is 2.31. The van der Waals surface area contributed by atoms with Crippen molar-refractivity contribution >= 4 is 12.0 Å². The molecule has 0 unspecified atom stereocenters. The topological polar surface area (TPSA) is 58.4 Å². The Bertz CT molecular complexity index is 1100. The number of aldehydes is 1. The summed E-state index contributed by atoms with van der Waals surface area (Å²) < 4.78 is 15.4. The van der Waals surface area contributed by atoms with Crippen LogP contribution in [0.3, 0.4) is 0 Å². The van der Waals surface area contributed by atoms with E-state index < -0.39 is 5.82 Å². The van der Waals surface area contributed by atoms with E-state index in [1.54, 1.807) is 31.5 Å². The van der Waals surface area contributed by atoms with Crippen molar-refractivity contribution < 1.29 is 9.18 Å². The summed E-state index contributed by atoms with van der Waals surface area (Å²) in [6, 6.07) is 6.57. The molecule has 0 aliphatic carbocycles. The zero-order valence-electron chi connectivity index (χ0n) is 16.7. The summed E-state index contributed by atoms with van der Waals surface area (Å²) in [5, 5.41) is 6.21. The molecule has 0 atom stereocenters. The first kappa shape index (κ1) is 21.5. The summed E-state index contributed by atoms with van der Waals surface area (Å²) in [5.41, 5.74) is 3.57. The molecule has 5 nitrogen and oxygen atoms in total. The lowest BCUT2D eigenvalue weighted by Gasteiger charge is -2.10. The Hall–Kier alpha value is -3.85. The molecule has 6 heteroatoms. The van der Waals surface area contributed by atoms with Gasteiger partial charge in [-0.1, -0.05) is 18.4 Å². The van der Waals surface area contributed by atoms with E-state index in [1.807, 2.05) is 37.0 Å². The molecule has 2 rings (SSSR count). The van der Waals surface area contributed by atoms with Gasteiger partial charge in [-0.05, 0) is 42.8 Å². The summed E-state index contributed by atoms with van der Waals surface area (Å²) in [7, 11) is 3.70. The van der Waals surface area contributed by atoms with Gasteiger partial charge in [0.1, 0.15) is 5.82 Å². The number of anilines is 1. The van der Waals surface area contributed by atoms with Gasteiger partial charge >= 0.3 is 0 Å². The van der Waals surface area contributed by atoms with Crippen LogP contribution in [0.15, 0.2) is 72.3 Å². The Morgan fingerprint density at radius 2 is 2.17 bits per heavy atom. The van der Waals surface area contributed by atoms with Gasteiger partial charge in [0.15, 0.2) is 11.8 Å². The van der Waals surface area contributed by atoms with E-state index in [1.165, 1.54) is 12.1 Å². The summed E-state index contributed by atoms with van der Waals surface area (Å²) in [5.74, 6) is 5.23. The molecule has 0 aliphatic heterocycles. The van der Waals surface area contributed by atoms with Crippen molar-refractivity contribution in [3.05, 3.63) is 95.3 Å². The van der Waals surface area contributed by atoms with Gasteiger partial charge in [0.25, 0.3) is 0 Å². The van der Waals surface area contributed by atoms with E-state index in [9.17, 15) is 9.18 Å². The van der Waals surface area contributed by atoms with E-state index in [2.05, 4.69) is 34.0 Å². The van der Waals surface area contributed by atoms with Gasteiger partial charge in [-0.25, -0.2) is 9.38 Å². The van der Waals surface area contributed by atoms with E-state index in [-0.39, 0.29) is 5.56 Å². The molecule has 0 saturated heterocycles. The highest BCUT2D eigenvalue weighted by Crippen LogP contribution is 2.13. The Morgan fingerprint density at radius 1 is 1.38 bits per heavy atom. The van der Waals surface area contributed by atoms with Crippen LogP contribution < -0.4 is 16.1 Å². The van der Waals surface area contributed by atoms with Crippen LogP contribution >= 0.6 is 0 Å². The number of nitrogens with one attached hydrogen (secondary N) is 2. The van der Waals surface area contributed by atoms with Crippen molar-refractivity contribution in [3.8, 4) is 11.8 Å². The van der Waals surface area contributed by atoms with Crippen LogP contribution in [0, 0.1) is 24.6 Å². The molecule has 2 N–H and O–H groups in total. The highest BCUT2D eigenvalue weighted by Gasteiger charge is 2.04. The molecule has 1 aromatic heterocycles. The van der Waals surface area contributed by atoms with E-state index in [0.29, 0.717) is 22.9 Å². The molecule has 1 heterocycles. The number of allylic oxidation sites excluding steroid dienone is 2. The lowest BCUT2D eigenvalue weighted by atomic mass is 10.1. The van der Waals surface area contributed by atoms with Gasteiger partial charge < -0.3 is 15.2 Å². The second-order valence-corrected chi connectivity index (χ2v) is 6.09. The third-order valence-corrected chi connectivity index (χ3v) is 3.98. The average molecular weight is 390 g/mol. The summed E-state index contributed by atoms with van der Waals surface area (Å²) in [6.07, 6.45) is 9.05. The summed E-state index contributed by atoms with van der Waals surface area (Å²) in [4.78, 5) is 15.4. The highest BCUT2D eigenvalue weighted by atomic mass is 19.1. The molecule has 0 aliphatic rings. The van der Waals surface area contributed by atoms with Crippen molar-refractivity contribution in [3.63, 3.8) is 0 Å². The fraction of sp³-hybridized carbons (Fsp3) is 0.130. The van der Waals surface area contributed by atoms with Crippen molar-refractivity contribution in [1.29, 1.82) is 0 Å². The number of carbonyl (C=O) groups excluding carboxylic acids is 1. The molecule has 2 aromatic rings. The predicted octanol–water partition coefficient (Wildman–Crippen LogP) is 3.41. The zero-order valence-corrected chi connectivity index (χ0v) is 16.7. The van der Waals surface area contributed by atoms with Gasteiger partial charge in [0, 0.05) is 44.3 Å². The number of nitrogens with zero attached hydrogens (tertiary/aromatic N) is 2. The van der Waals surface area contributed by atoms with Crippen molar-refractivity contribution in [2.24, 2.45) is 12.0 Å². The number of hydrogen-bond donors (Lipinski definition) is 2. The van der Waals surface area contributed by atoms with Crippen molar-refractivity contribution in [2.75, 3.05) is 12.4 Å². The smallest absolute Gasteiger partial charge is 0.156 e. The van der Waals surface area contributed by atoms with Crippen LogP contribution in [0.4, 0.5) is 10.1 Å². The first-order valence-corrected chi connectivity index (χ1v) is 8.88. The summed E-state index contributed by atoms with van der Waals surface area (Å²) in [6.45, 7) is 5.53. The third-order valence-electron chi connectivity index (χ3n) is 3.98. The second-order valence-electron chi connectivity index (χ2n) is 6.09. The molecule has 29 heavy (non-hydrogen) atoms. The minimum absolute atomic E-state index is 0.00626. The number of aryl methyl sites for hydroxylation is 2. The fourth-order valence-electron chi connectivity index (χ4n) is 2.50. The molecular weight excluding hydrogens is 367 g/mol. The Labute approximate surface area is 170 Å². The van der Waals surface area contributed by atoms with Crippen LogP contribution in [-0.2, 0) is 7.05 Å². The maximum absolute atomic E-state index is 13.6. The van der Waals surface area contributed by atoms with Crippen LogP contribution in [-0.4, -0.2) is 17.9 Å². The number of halogens is 1. The van der Waals surface area contributed by atoms with Crippen LogP contribution in [0.1, 0.15) is 21.5 Å². The highest BCUT2D eigenvalue weighted by molar-refractivity contribution is 5.76. The fourth-order valence-corrected chi connectivity index (χ4v) is 2.50. The SMILES string of the molecule is C=C/C(=C\NC)Nc1cccn(C)/c1=N\C=C\C#Cc1cc(C=O)c(F)cc1C. The maximum atomic E-state index is 13.6. The first-order chi connectivity index (χ1) is 14.0. The Kier molecular flexibility index (Phi) is 7.75. The van der Waals surface area contributed by atoms with Crippen molar-refractivity contribution in [2.45, 2.75) is 6.92 Å². The van der Waals surface area contributed by atoms with Gasteiger partial charge in [0.2, 0.25) is 0 Å². The molecule has 0 amide bonds. The van der Waals surface area contributed by atoms with Gasteiger partial charge in [-0.3, -0.25) is 4.79 Å². The van der Waals surface area contributed by atoms with Crippen LogP contribution in [0.5, 0.6) is 0 Å². The zero-order chi connectivity index (χ0) is 21.2. The van der Waals surface area contributed by atoms with Crippen LogP contribution in [0.2, 0.25) is 0 Å². The predicted molar refractivity (Wildman–Crippen MR) is 114 cm³/mol. The van der Waals surface area contributed by atoms with Crippen molar-refractivity contribution in [1.82, 2.24) is 9.88 Å². The Morgan fingerprint density at radius 3 is 2.86 bits per heavy atom. The standard InChI is InChI=1S/C23H23FN4O/c1-5-20(15-25-3)27-22-10-8-12-28(4)23(22)26-11-7-6-9-18-14-19(16-29)21(24)13-17(18)2/h5,7-8,10-16,25,27H,1H2,2-4H3/b11-7+,20-15+,26-23-. The van der Waals surface area contributed by atoms with Gasteiger partial charge in [0.05, 0.1) is 16.9 Å². The normalized spacial score (nSPS) is 11.7. The number of rotatable bonds is 6. The number of benzene rings is 1. The third kappa shape index (κ3) is 5.81. The van der Waals surface area contributed by atoms with Gasteiger partial charge in [-0.15, -0.1) is 0 Å². The first-order valence-electron chi connectivity index (χ1n) is 8.88. The van der Waals surface area contributed by atoms with Gasteiger partial charge in [-0.2, -0.15) is 0 Å². The average Bonchev–Trinajstić information content (AvgIpc) is 2.70. The van der Waals surface area contributed by atoms with Crippen LogP contribution in [0.25, 0.3) is 0 Å². The van der Waals surface area contributed by atoms with E-state index in [4.69, 9.17) is 0 Å². The monoisotopic (exact) mass is 390 g/mol. The number of hydrogen-bond acceptors (Lipinski definition) is 4. The maximum Gasteiger partial charge on any atom is 0.156 e. The molecule has 0 spiro atoms. The second kappa shape index (κ2) is 10.5. The quantitative estimate of drug-likeness (QED) is 0.452. The minimum atomic E-state index is -0.545. The molecular formula is C23H23FN4O. The number of carbonyl (C=O) groups is 1. The number of aromatic nitrogens is 1. The molecule has 0 radical (unpaired) electrons.